The average molecular weight is 384 g/mol. The van der Waals surface area contributed by atoms with Gasteiger partial charge >= 0.3 is 0 Å². The normalized spacial score (nSPS) is 24.1. The van der Waals surface area contributed by atoms with Gasteiger partial charge < -0.3 is 19.5 Å². The Labute approximate surface area is 161 Å². The summed E-state index contributed by atoms with van der Waals surface area (Å²) in [4.78, 5) is 13.0. The number of anilines is 1. The number of hydrogen-bond donors (Lipinski definition) is 1. The highest BCUT2D eigenvalue weighted by Gasteiger charge is 2.42. The molecule has 1 saturated carbocycles. The Kier molecular flexibility index (Phi) is 7.74. The molecule has 5 nitrogen and oxygen atoms in total. The highest BCUT2D eigenvalue weighted by Crippen LogP contribution is 2.37. The number of benzene rings is 1. The van der Waals surface area contributed by atoms with Crippen molar-refractivity contribution in [1.29, 1.82) is 0 Å². The summed E-state index contributed by atoms with van der Waals surface area (Å²) in [6, 6.07) is 5.27. The van der Waals surface area contributed by atoms with Gasteiger partial charge in [-0.3, -0.25) is 4.79 Å². The molecule has 0 heterocycles. The molecule has 146 valence electrons. The average Bonchev–Trinajstić information content (AvgIpc) is 2.58. The lowest BCUT2D eigenvalue weighted by molar-refractivity contribution is -0.147. The molecular formula is C20H30ClNO4. The van der Waals surface area contributed by atoms with Crippen LogP contribution in [-0.2, 0) is 14.3 Å². The van der Waals surface area contributed by atoms with E-state index in [1.165, 1.54) is 0 Å². The van der Waals surface area contributed by atoms with E-state index in [4.69, 9.17) is 25.8 Å². The number of carbonyl (C=O) groups excluding carboxylic acids is 1. The lowest BCUT2D eigenvalue weighted by Gasteiger charge is -2.38. The van der Waals surface area contributed by atoms with Crippen LogP contribution in [0.15, 0.2) is 18.2 Å². The van der Waals surface area contributed by atoms with Gasteiger partial charge in [0.1, 0.15) is 17.5 Å². The molecule has 0 aromatic heterocycles. The predicted molar refractivity (Wildman–Crippen MR) is 104 cm³/mol. The lowest BCUT2D eigenvalue weighted by Crippen LogP contribution is -2.48. The number of hydrogen-bond acceptors (Lipinski definition) is 4. The summed E-state index contributed by atoms with van der Waals surface area (Å²) in [5.41, 5.74) is -0.106. The smallest absolute Gasteiger partial charge is 0.256 e. The van der Waals surface area contributed by atoms with Crippen molar-refractivity contribution in [1.82, 2.24) is 0 Å². The highest BCUT2D eigenvalue weighted by molar-refractivity contribution is 6.32. The number of carbonyl (C=O) groups is 1. The molecule has 2 rings (SSSR count). The van der Waals surface area contributed by atoms with E-state index in [2.05, 4.69) is 12.2 Å². The second-order valence-electron chi connectivity index (χ2n) is 7.11. The van der Waals surface area contributed by atoms with Crippen molar-refractivity contribution in [2.24, 2.45) is 5.92 Å². The molecule has 1 N–H and O–H groups in total. The van der Waals surface area contributed by atoms with E-state index in [0.717, 1.165) is 25.7 Å². The van der Waals surface area contributed by atoms with E-state index < -0.39 is 5.60 Å². The summed E-state index contributed by atoms with van der Waals surface area (Å²) < 4.78 is 16.7. The van der Waals surface area contributed by atoms with Crippen molar-refractivity contribution < 1.29 is 19.0 Å². The van der Waals surface area contributed by atoms with Crippen LogP contribution in [0.25, 0.3) is 0 Å². The molecule has 0 aliphatic heterocycles. The predicted octanol–water partition coefficient (Wildman–Crippen LogP) is 4.68. The molecule has 0 unspecified atom stereocenters. The second-order valence-corrected chi connectivity index (χ2v) is 7.52. The summed E-state index contributed by atoms with van der Waals surface area (Å²) in [6.07, 6.45) is 3.53. The largest absolute Gasteiger partial charge is 0.487 e. The Hall–Kier alpha value is -1.30. The Bertz CT molecular complexity index is 605. The molecule has 0 saturated heterocycles. The minimum absolute atomic E-state index is 0.0941. The number of rotatable bonds is 8. The molecule has 1 fully saturated rings. The monoisotopic (exact) mass is 383 g/mol. The zero-order valence-corrected chi connectivity index (χ0v) is 16.9. The van der Waals surface area contributed by atoms with E-state index >= 15 is 0 Å². The van der Waals surface area contributed by atoms with Crippen LogP contribution in [0.2, 0.25) is 5.02 Å². The van der Waals surface area contributed by atoms with Crippen molar-refractivity contribution >= 4 is 23.2 Å². The number of amides is 1. The minimum Gasteiger partial charge on any atom is -0.487 e. The third kappa shape index (κ3) is 5.35. The fourth-order valence-corrected chi connectivity index (χ4v) is 3.81. The Morgan fingerprint density at radius 2 is 2.23 bits per heavy atom. The first-order chi connectivity index (χ1) is 12.4. The van der Waals surface area contributed by atoms with Gasteiger partial charge in [-0.15, -0.1) is 0 Å². The fraction of sp³-hybridized carbons (Fsp3) is 0.650. The van der Waals surface area contributed by atoms with Gasteiger partial charge in [0.25, 0.3) is 5.91 Å². The van der Waals surface area contributed by atoms with E-state index in [1.807, 2.05) is 13.8 Å². The minimum atomic E-state index is -0.749. The van der Waals surface area contributed by atoms with Gasteiger partial charge in [0.2, 0.25) is 0 Å². The zero-order chi connectivity index (χ0) is 19.2. The molecule has 0 radical (unpaired) electrons. The number of ether oxygens (including phenoxy) is 3. The maximum atomic E-state index is 13.0. The maximum absolute atomic E-state index is 13.0. The maximum Gasteiger partial charge on any atom is 0.256 e. The van der Waals surface area contributed by atoms with Crippen LogP contribution in [0.5, 0.6) is 5.75 Å². The van der Waals surface area contributed by atoms with Crippen molar-refractivity contribution in [2.75, 3.05) is 25.6 Å². The van der Waals surface area contributed by atoms with E-state index in [-0.39, 0.29) is 12.0 Å². The van der Waals surface area contributed by atoms with Crippen molar-refractivity contribution in [3.63, 3.8) is 0 Å². The molecule has 0 bridgehead atoms. The number of nitrogens with one attached hydrogen (secondary N) is 1. The summed E-state index contributed by atoms with van der Waals surface area (Å²) in [7, 11) is 1.63. The van der Waals surface area contributed by atoms with Gasteiger partial charge in [0, 0.05) is 19.4 Å². The van der Waals surface area contributed by atoms with Crippen LogP contribution in [0, 0.1) is 5.92 Å². The first-order valence-corrected chi connectivity index (χ1v) is 9.68. The van der Waals surface area contributed by atoms with Gasteiger partial charge in [0.05, 0.1) is 11.6 Å². The van der Waals surface area contributed by atoms with E-state index in [1.54, 1.807) is 25.3 Å². The Morgan fingerprint density at radius 1 is 1.46 bits per heavy atom. The van der Waals surface area contributed by atoms with Crippen LogP contribution >= 0.6 is 11.6 Å². The molecule has 3 atom stereocenters. The molecule has 0 spiro atoms. The summed E-state index contributed by atoms with van der Waals surface area (Å²) in [6.45, 7) is 7.00. The van der Waals surface area contributed by atoms with Gasteiger partial charge in [-0.1, -0.05) is 24.9 Å². The Balaban J connectivity index is 2.09. The lowest BCUT2D eigenvalue weighted by atomic mass is 9.78. The molecule has 26 heavy (non-hydrogen) atoms. The van der Waals surface area contributed by atoms with Crippen LogP contribution in [0.1, 0.15) is 46.5 Å². The van der Waals surface area contributed by atoms with E-state index in [9.17, 15) is 4.79 Å². The third-order valence-corrected chi connectivity index (χ3v) is 5.00. The third-order valence-electron chi connectivity index (χ3n) is 4.71. The van der Waals surface area contributed by atoms with Gasteiger partial charge in [-0.25, -0.2) is 0 Å². The number of methoxy groups -OCH3 is 1. The molecule has 1 aliphatic carbocycles. The fourth-order valence-electron chi connectivity index (χ4n) is 3.59. The molecule has 1 aromatic rings. The molecular weight excluding hydrogens is 354 g/mol. The molecule has 1 aliphatic rings. The van der Waals surface area contributed by atoms with Crippen LogP contribution < -0.4 is 10.1 Å². The first kappa shape index (κ1) is 21.0. The second kappa shape index (κ2) is 9.58. The van der Waals surface area contributed by atoms with Crippen LogP contribution in [0.4, 0.5) is 5.69 Å². The first-order valence-electron chi connectivity index (χ1n) is 9.30. The highest BCUT2D eigenvalue weighted by atomic mass is 35.5. The van der Waals surface area contributed by atoms with Crippen LogP contribution in [-0.4, -0.2) is 37.9 Å². The topological polar surface area (TPSA) is 56.8 Å². The van der Waals surface area contributed by atoms with E-state index in [0.29, 0.717) is 35.6 Å². The summed E-state index contributed by atoms with van der Waals surface area (Å²) in [5, 5.41) is 3.43. The van der Waals surface area contributed by atoms with Crippen molar-refractivity contribution in [3.8, 4) is 5.75 Å². The molecule has 6 heteroatoms. The van der Waals surface area contributed by atoms with Crippen molar-refractivity contribution in [2.45, 2.75) is 58.2 Å². The summed E-state index contributed by atoms with van der Waals surface area (Å²) >= 11 is 6.31. The zero-order valence-electron chi connectivity index (χ0n) is 16.1. The Morgan fingerprint density at radius 3 is 2.85 bits per heavy atom. The molecule has 1 aromatic carbocycles. The summed E-state index contributed by atoms with van der Waals surface area (Å²) in [5.74, 6) is 0.950. The van der Waals surface area contributed by atoms with Crippen molar-refractivity contribution in [3.05, 3.63) is 23.2 Å². The number of halogens is 1. The van der Waals surface area contributed by atoms with Gasteiger partial charge in [0.15, 0.2) is 0 Å². The van der Waals surface area contributed by atoms with Gasteiger partial charge in [-0.05, 0) is 57.2 Å². The standard InChI is InChI=1S/C20H30ClNO4/c1-5-25-20(10-6-7-14(2)12-20)19(23)22-16-8-9-18(17(21)11-16)26-15(3)13-24-4/h8-9,11,14-15H,5-7,10,12-13H2,1-4H3,(H,22,23)/t14-,15+,20+/m0/s1. The van der Waals surface area contributed by atoms with Crippen LogP contribution in [0.3, 0.4) is 0 Å². The molecule has 1 amide bonds. The quantitative estimate of drug-likeness (QED) is 0.708. The van der Waals surface area contributed by atoms with Gasteiger partial charge in [-0.2, -0.15) is 0 Å². The SMILES string of the molecule is CCO[C@]1(C(=O)Nc2ccc(O[C@H](C)COC)c(Cl)c2)CCC[C@H](C)C1.